The van der Waals surface area contributed by atoms with E-state index in [9.17, 15) is 35.9 Å². The fourth-order valence-electron chi connectivity index (χ4n) is 2.82. The molecular formula is C19H15F6N5O3. The Bertz CT molecular complexity index is 1080. The molecule has 176 valence electrons. The van der Waals surface area contributed by atoms with Gasteiger partial charge in [0.15, 0.2) is 12.3 Å². The molecule has 0 radical (unpaired) electrons. The normalized spacial score (nSPS) is 15.6. The molecule has 33 heavy (non-hydrogen) atoms. The number of amides is 2. The molecule has 1 aliphatic rings. The van der Waals surface area contributed by atoms with Crippen molar-refractivity contribution in [1.82, 2.24) is 20.3 Å². The number of nitrogens with one attached hydrogen (secondary N) is 1. The molecule has 0 saturated carbocycles. The molecule has 1 atom stereocenters. The van der Waals surface area contributed by atoms with Crippen LogP contribution in [-0.4, -0.2) is 46.3 Å². The highest BCUT2D eigenvalue weighted by Crippen LogP contribution is 2.36. The summed E-state index contributed by atoms with van der Waals surface area (Å²) in [5, 5.41) is 7.21. The van der Waals surface area contributed by atoms with Gasteiger partial charge in [-0.05, 0) is 25.1 Å². The van der Waals surface area contributed by atoms with Crippen molar-refractivity contribution >= 4 is 17.7 Å². The van der Waals surface area contributed by atoms with E-state index in [4.69, 9.17) is 4.74 Å². The van der Waals surface area contributed by atoms with E-state index in [-0.39, 0.29) is 30.0 Å². The van der Waals surface area contributed by atoms with Crippen LogP contribution in [0.3, 0.4) is 0 Å². The molecule has 14 heteroatoms. The van der Waals surface area contributed by atoms with Crippen molar-refractivity contribution in [3.05, 3.63) is 58.7 Å². The number of likely N-dealkylation sites (N-methyl/N-ethyl adjacent to an activating group) is 1. The second-order valence-corrected chi connectivity index (χ2v) is 6.89. The van der Waals surface area contributed by atoms with E-state index in [0.29, 0.717) is 12.1 Å². The molecule has 1 unspecified atom stereocenters. The number of rotatable bonds is 4. The number of aromatic nitrogens is 2. The molecule has 0 spiro atoms. The number of carbonyl (C=O) groups excluding carboxylic acids is 2. The third-order valence-electron chi connectivity index (χ3n) is 4.47. The topological polar surface area (TPSA) is 96.8 Å². The van der Waals surface area contributed by atoms with Gasteiger partial charge in [0.1, 0.15) is 0 Å². The van der Waals surface area contributed by atoms with Crippen molar-refractivity contribution in [1.29, 1.82) is 0 Å². The van der Waals surface area contributed by atoms with Crippen LogP contribution in [0.25, 0.3) is 0 Å². The molecule has 0 saturated heterocycles. The Hall–Kier alpha value is -3.71. The minimum absolute atomic E-state index is 0.0321. The van der Waals surface area contributed by atoms with Gasteiger partial charge < -0.3 is 10.1 Å². The first-order chi connectivity index (χ1) is 15.3. The quantitative estimate of drug-likeness (QED) is 0.686. The number of carbonyl (C=O) groups is 2. The van der Waals surface area contributed by atoms with Crippen LogP contribution in [0.15, 0.2) is 35.7 Å². The van der Waals surface area contributed by atoms with E-state index in [1.807, 2.05) is 0 Å². The number of nitrogens with zero attached hydrogens (tertiary/aromatic N) is 4. The number of benzene rings is 1. The highest BCUT2D eigenvalue weighted by Gasteiger charge is 2.37. The summed E-state index contributed by atoms with van der Waals surface area (Å²) < 4.78 is 83.7. The standard InChI is InChI=1S/C19H15F6N5O3/c1-9(14-15(27-4-3-26-14)17-29-30(2)13(31)8-33-17)28-16(32)10-5-11(18(20,21)22)7-12(6-10)19(23,24)25/h3-7,9H,8H2,1-2H3,(H,28,32). The Kier molecular flexibility index (Phi) is 6.29. The molecule has 0 aliphatic carbocycles. The maximum absolute atomic E-state index is 13.1. The van der Waals surface area contributed by atoms with Crippen LogP contribution in [0.1, 0.15) is 45.8 Å². The van der Waals surface area contributed by atoms with Crippen molar-refractivity contribution in [3.63, 3.8) is 0 Å². The third kappa shape index (κ3) is 5.38. The van der Waals surface area contributed by atoms with Crippen LogP contribution in [0.4, 0.5) is 26.3 Å². The predicted octanol–water partition coefficient (Wildman–Crippen LogP) is 3.16. The summed E-state index contributed by atoms with van der Waals surface area (Å²) >= 11 is 0. The smallest absolute Gasteiger partial charge is 0.416 e. The lowest BCUT2D eigenvalue weighted by molar-refractivity contribution is -0.143. The summed E-state index contributed by atoms with van der Waals surface area (Å²) in [5.74, 6) is -1.73. The molecule has 1 aliphatic heterocycles. The Labute approximate surface area is 182 Å². The maximum Gasteiger partial charge on any atom is 0.416 e. The number of halogens is 6. The number of hydrogen-bond donors (Lipinski definition) is 1. The van der Waals surface area contributed by atoms with Gasteiger partial charge in [-0.3, -0.25) is 14.6 Å². The zero-order chi connectivity index (χ0) is 24.6. The van der Waals surface area contributed by atoms with Crippen molar-refractivity contribution in [3.8, 4) is 0 Å². The Morgan fingerprint density at radius 2 is 1.64 bits per heavy atom. The van der Waals surface area contributed by atoms with Crippen molar-refractivity contribution in [2.45, 2.75) is 25.3 Å². The van der Waals surface area contributed by atoms with Crippen LogP contribution in [0.5, 0.6) is 0 Å². The molecule has 1 aromatic heterocycles. The molecule has 0 fully saturated rings. The zero-order valence-electron chi connectivity index (χ0n) is 17.0. The van der Waals surface area contributed by atoms with Gasteiger partial charge >= 0.3 is 12.4 Å². The number of alkyl halides is 6. The van der Waals surface area contributed by atoms with E-state index in [1.165, 1.54) is 26.4 Å². The lowest BCUT2D eigenvalue weighted by Crippen LogP contribution is -2.35. The molecular weight excluding hydrogens is 460 g/mol. The minimum atomic E-state index is -5.10. The first-order valence-corrected chi connectivity index (χ1v) is 9.17. The first-order valence-electron chi connectivity index (χ1n) is 9.17. The first kappa shape index (κ1) is 23.9. The van der Waals surface area contributed by atoms with Crippen molar-refractivity contribution in [2.24, 2.45) is 5.10 Å². The van der Waals surface area contributed by atoms with Gasteiger partial charge in [0, 0.05) is 25.0 Å². The highest BCUT2D eigenvalue weighted by atomic mass is 19.4. The molecule has 0 bridgehead atoms. The van der Waals surface area contributed by atoms with Gasteiger partial charge in [-0.1, -0.05) is 0 Å². The second-order valence-electron chi connectivity index (χ2n) is 6.89. The Balaban J connectivity index is 1.92. The maximum atomic E-state index is 13.1. The van der Waals surface area contributed by atoms with Gasteiger partial charge in [0.25, 0.3) is 17.7 Å². The average Bonchev–Trinajstić information content (AvgIpc) is 2.74. The van der Waals surface area contributed by atoms with Crippen molar-refractivity contribution in [2.75, 3.05) is 13.7 Å². The van der Waals surface area contributed by atoms with Gasteiger partial charge in [-0.15, -0.1) is 5.10 Å². The summed E-state index contributed by atoms with van der Waals surface area (Å²) in [6, 6.07) is -0.454. The fourth-order valence-corrected chi connectivity index (χ4v) is 2.82. The van der Waals surface area contributed by atoms with Crippen molar-refractivity contribution < 1.29 is 40.7 Å². The van der Waals surface area contributed by atoms with Crippen LogP contribution >= 0.6 is 0 Å². The molecule has 2 heterocycles. The van der Waals surface area contributed by atoms with Gasteiger partial charge in [0.2, 0.25) is 0 Å². The summed E-state index contributed by atoms with van der Waals surface area (Å²) in [6.07, 6.45) is -7.66. The fraction of sp³-hybridized carbons (Fsp3) is 0.316. The predicted molar refractivity (Wildman–Crippen MR) is 99.6 cm³/mol. The van der Waals surface area contributed by atoms with E-state index >= 15 is 0 Å². The largest absolute Gasteiger partial charge is 0.465 e. The monoisotopic (exact) mass is 475 g/mol. The minimum Gasteiger partial charge on any atom is -0.465 e. The molecule has 8 nitrogen and oxygen atoms in total. The molecule has 2 aromatic rings. The highest BCUT2D eigenvalue weighted by molar-refractivity contribution is 5.98. The number of hydrazone groups is 1. The SMILES string of the molecule is CC(NC(=O)c1cc(C(F)(F)F)cc(C(F)(F)F)c1)c1nccnc1C1=NN(C)C(=O)CO1. The molecule has 1 N–H and O–H groups in total. The van der Waals surface area contributed by atoms with Crippen LogP contribution in [0, 0.1) is 0 Å². The van der Waals surface area contributed by atoms with Gasteiger partial charge in [-0.2, -0.15) is 26.3 Å². The van der Waals surface area contributed by atoms with Gasteiger partial charge in [0.05, 0.1) is 22.9 Å². The molecule has 2 amide bonds. The summed E-state index contributed by atoms with van der Waals surface area (Å²) in [4.78, 5) is 32.2. The van der Waals surface area contributed by atoms with Crippen LogP contribution in [-0.2, 0) is 21.9 Å². The number of hydrogen-bond acceptors (Lipinski definition) is 6. The van der Waals surface area contributed by atoms with E-state index in [2.05, 4.69) is 20.4 Å². The zero-order valence-corrected chi connectivity index (χ0v) is 17.0. The van der Waals surface area contributed by atoms with Gasteiger partial charge in [-0.25, -0.2) is 9.99 Å². The van der Waals surface area contributed by atoms with E-state index in [0.717, 1.165) is 5.01 Å². The van der Waals surface area contributed by atoms with Crippen LogP contribution in [0.2, 0.25) is 0 Å². The van der Waals surface area contributed by atoms with E-state index in [1.54, 1.807) is 0 Å². The molecule has 1 aromatic carbocycles. The summed E-state index contributed by atoms with van der Waals surface area (Å²) in [6.45, 7) is 1.05. The molecule has 3 rings (SSSR count). The lowest BCUT2D eigenvalue weighted by atomic mass is 10.0. The second kappa shape index (κ2) is 8.67. The number of ether oxygens (including phenoxy) is 1. The lowest BCUT2D eigenvalue weighted by Gasteiger charge is -2.22. The Morgan fingerprint density at radius 1 is 1.06 bits per heavy atom. The summed E-state index contributed by atoms with van der Waals surface area (Å²) in [5.41, 5.74) is -3.98. The third-order valence-corrected chi connectivity index (χ3v) is 4.47. The van der Waals surface area contributed by atoms with Crippen LogP contribution < -0.4 is 5.32 Å². The Morgan fingerprint density at radius 3 is 2.18 bits per heavy atom. The van der Waals surface area contributed by atoms with E-state index < -0.39 is 46.9 Å². The summed E-state index contributed by atoms with van der Waals surface area (Å²) in [7, 11) is 1.37. The average molecular weight is 475 g/mol.